The van der Waals surface area contributed by atoms with Crippen molar-refractivity contribution in [1.29, 1.82) is 0 Å². The number of sulfonamides is 1. The molecule has 0 bridgehead atoms. The Morgan fingerprint density at radius 3 is 2.65 bits per heavy atom. The molecule has 1 fully saturated rings. The molecule has 6 heteroatoms. The second kappa shape index (κ2) is 6.11. The molecule has 0 unspecified atom stereocenters. The van der Waals surface area contributed by atoms with Gasteiger partial charge in [-0.3, -0.25) is 0 Å². The first kappa shape index (κ1) is 15.3. The molecule has 0 aromatic heterocycles. The predicted molar refractivity (Wildman–Crippen MR) is 78.6 cm³/mol. The van der Waals surface area contributed by atoms with E-state index in [9.17, 15) is 8.42 Å². The summed E-state index contributed by atoms with van der Waals surface area (Å²) in [5, 5.41) is 3.05. The fraction of sp³-hybridized carbons (Fsp3) is 0.571. The highest BCUT2D eigenvalue weighted by Gasteiger charge is 2.35. The summed E-state index contributed by atoms with van der Waals surface area (Å²) >= 11 is 0. The molecule has 0 saturated heterocycles. The number of hydrogen-bond acceptors (Lipinski definition) is 4. The van der Waals surface area contributed by atoms with Crippen LogP contribution in [0.1, 0.15) is 18.4 Å². The Morgan fingerprint density at radius 1 is 1.40 bits per heavy atom. The van der Waals surface area contributed by atoms with E-state index in [4.69, 9.17) is 4.74 Å². The summed E-state index contributed by atoms with van der Waals surface area (Å²) in [6.45, 7) is 0.725. The summed E-state index contributed by atoms with van der Waals surface area (Å²) < 4.78 is 32.0. The lowest BCUT2D eigenvalue weighted by Gasteiger charge is -2.19. The fourth-order valence-electron chi connectivity index (χ4n) is 2.18. The first-order chi connectivity index (χ1) is 9.50. The monoisotopic (exact) mass is 298 g/mol. The first-order valence-corrected chi connectivity index (χ1v) is 8.24. The molecule has 5 nitrogen and oxygen atoms in total. The number of likely N-dealkylation sites (N-methyl/N-ethyl adjacent to an activating group) is 1. The SMILES string of the molecule is CNCCc1cc(OC)ccc1S(=O)(=O)N(C)C1CC1. The molecule has 0 amide bonds. The fourth-order valence-corrected chi connectivity index (χ4v) is 3.82. The number of ether oxygens (including phenoxy) is 1. The minimum Gasteiger partial charge on any atom is -0.497 e. The van der Waals surface area contributed by atoms with Gasteiger partial charge in [-0.25, -0.2) is 8.42 Å². The van der Waals surface area contributed by atoms with Crippen molar-refractivity contribution in [2.45, 2.75) is 30.2 Å². The van der Waals surface area contributed by atoms with E-state index in [1.807, 2.05) is 13.1 Å². The minimum absolute atomic E-state index is 0.166. The second-order valence-electron chi connectivity index (χ2n) is 5.08. The van der Waals surface area contributed by atoms with Crippen molar-refractivity contribution in [3.05, 3.63) is 23.8 Å². The van der Waals surface area contributed by atoms with Gasteiger partial charge in [-0.2, -0.15) is 4.31 Å². The maximum Gasteiger partial charge on any atom is 0.243 e. The molecule has 1 saturated carbocycles. The largest absolute Gasteiger partial charge is 0.497 e. The van der Waals surface area contributed by atoms with Gasteiger partial charge in [0.05, 0.1) is 12.0 Å². The highest BCUT2D eigenvalue weighted by molar-refractivity contribution is 7.89. The van der Waals surface area contributed by atoms with Crippen LogP contribution in [-0.2, 0) is 16.4 Å². The summed E-state index contributed by atoms with van der Waals surface area (Å²) in [4.78, 5) is 0.392. The summed E-state index contributed by atoms with van der Waals surface area (Å²) in [6.07, 6.45) is 2.57. The van der Waals surface area contributed by atoms with Crippen LogP contribution in [0.3, 0.4) is 0 Å². The van der Waals surface area contributed by atoms with E-state index < -0.39 is 10.0 Å². The Balaban J connectivity index is 2.38. The van der Waals surface area contributed by atoms with E-state index >= 15 is 0 Å². The van der Waals surface area contributed by atoms with Gasteiger partial charge < -0.3 is 10.1 Å². The van der Waals surface area contributed by atoms with Gasteiger partial charge in [0.1, 0.15) is 5.75 Å². The summed E-state index contributed by atoms with van der Waals surface area (Å²) in [6, 6.07) is 5.33. The molecular formula is C14H22N2O3S. The Labute approximate surface area is 121 Å². The van der Waals surface area contributed by atoms with Crippen molar-refractivity contribution >= 4 is 10.0 Å². The molecule has 0 radical (unpaired) electrons. The van der Waals surface area contributed by atoms with E-state index in [0.29, 0.717) is 17.1 Å². The molecule has 1 N–H and O–H groups in total. The third-order valence-corrected chi connectivity index (χ3v) is 5.64. The van der Waals surface area contributed by atoms with Gasteiger partial charge in [0.2, 0.25) is 10.0 Å². The van der Waals surface area contributed by atoms with Crippen LogP contribution < -0.4 is 10.1 Å². The van der Waals surface area contributed by atoms with Gasteiger partial charge in [-0.05, 0) is 56.6 Å². The molecule has 1 aromatic rings. The standard InChI is InChI=1S/C14H22N2O3S/c1-15-9-8-11-10-13(19-3)6-7-14(11)20(17,18)16(2)12-4-5-12/h6-7,10,12,15H,4-5,8-9H2,1-3H3. The maximum absolute atomic E-state index is 12.7. The zero-order chi connectivity index (χ0) is 14.8. The lowest BCUT2D eigenvalue weighted by molar-refractivity contribution is 0.413. The zero-order valence-electron chi connectivity index (χ0n) is 12.2. The Kier molecular flexibility index (Phi) is 4.67. The number of hydrogen-bond donors (Lipinski definition) is 1. The number of benzene rings is 1. The molecule has 0 aliphatic heterocycles. The molecule has 20 heavy (non-hydrogen) atoms. The van der Waals surface area contributed by atoms with Crippen LogP contribution in [0.5, 0.6) is 5.75 Å². The van der Waals surface area contributed by atoms with E-state index in [1.165, 1.54) is 4.31 Å². The Hall–Kier alpha value is -1.11. The third kappa shape index (κ3) is 3.13. The molecule has 0 atom stereocenters. The average Bonchev–Trinajstić information content (AvgIpc) is 3.28. The number of methoxy groups -OCH3 is 1. The highest BCUT2D eigenvalue weighted by atomic mass is 32.2. The van der Waals surface area contributed by atoms with Gasteiger partial charge in [0.15, 0.2) is 0 Å². The number of nitrogens with zero attached hydrogens (tertiary/aromatic N) is 1. The minimum atomic E-state index is -3.41. The van der Waals surface area contributed by atoms with Crippen LogP contribution in [0.15, 0.2) is 23.1 Å². The van der Waals surface area contributed by atoms with Gasteiger partial charge in [0.25, 0.3) is 0 Å². The molecule has 1 aliphatic carbocycles. The van der Waals surface area contributed by atoms with Crippen molar-refractivity contribution in [3.8, 4) is 5.75 Å². The van der Waals surface area contributed by atoms with E-state index in [2.05, 4.69) is 5.32 Å². The third-order valence-electron chi connectivity index (χ3n) is 3.63. The van der Waals surface area contributed by atoms with Gasteiger partial charge in [-0.1, -0.05) is 0 Å². The predicted octanol–water partition coefficient (Wildman–Crippen LogP) is 1.24. The maximum atomic E-state index is 12.7. The smallest absolute Gasteiger partial charge is 0.243 e. The zero-order valence-corrected chi connectivity index (χ0v) is 13.0. The summed E-state index contributed by atoms with van der Waals surface area (Å²) in [5.41, 5.74) is 0.797. The van der Waals surface area contributed by atoms with Gasteiger partial charge in [0, 0.05) is 13.1 Å². The van der Waals surface area contributed by atoms with Crippen LogP contribution in [0, 0.1) is 0 Å². The van der Waals surface area contributed by atoms with Crippen molar-refractivity contribution < 1.29 is 13.2 Å². The normalized spacial score (nSPS) is 15.6. The van der Waals surface area contributed by atoms with E-state index in [1.54, 1.807) is 26.3 Å². The molecule has 1 aliphatic rings. The van der Waals surface area contributed by atoms with Crippen molar-refractivity contribution in [2.24, 2.45) is 0 Å². The second-order valence-corrected chi connectivity index (χ2v) is 7.05. The molecule has 112 valence electrons. The molecule has 0 heterocycles. The van der Waals surface area contributed by atoms with Gasteiger partial charge in [-0.15, -0.1) is 0 Å². The van der Waals surface area contributed by atoms with E-state index in [-0.39, 0.29) is 6.04 Å². The van der Waals surface area contributed by atoms with Crippen LogP contribution in [0.25, 0.3) is 0 Å². The highest BCUT2D eigenvalue weighted by Crippen LogP contribution is 2.32. The molecule has 1 aromatic carbocycles. The quantitative estimate of drug-likeness (QED) is 0.823. The summed E-state index contributed by atoms with van der Waals surface area (Å²) in [5.74, 6) is 0.684. The average molecular weight is 298 g/mol. The molecular weight excluding hydrogens is 276 g/mol. The number of rotatable bonds is 7. The Bertz CT molecular complexity index is 568. The van der Waals surface area contributed by atoms with Crippen molar-refractivity contribution in [3.63, 3.8) is 0 Å². The van der Waals surface area contributed by atoms with Crippen LogP contribution in [0.4, 0.5) is 0 Å². The topological polar surface area (TPSA) is 58.6 Å². The lowest BCUT2D eigenvalue weighted by Crippen LogP contribution is -2.30. The molecule has 0 spiro atoms. The molecule has 2 rings (SSSR count). The van der Waals surface area contributed by atoms with Crippen molar-refractivity contribution in [1.82, 2.24) is 9.62 Å². The van der Waals surface area contributed by atoms with Gasteiger partial charge >= 0.3 is 0 Å². The summed E-state index contributed by atoms with van der Waals surface area (Å²) in [7, 11) is 1.69. The van der Waals surface area contributed by atoms with Crippen LogP contribution in [0.2, 0.25) is 0 Å². The van der Waals surface area contributed by atoms with Crippen LogP contribution >= 0.6 is 0 Å². The van der Waals surface area contributed by atoms with Crippen molar-refractivity contribution in [2.75, 3.05) is 27.7 Å². The Morgan fingerprint density at radius 2 is 2.10 bits per heavy atom. The lowest BCUT2D eigenvalue weighted by atomic mass is 10.1. The van der Waals surface area contributed by atoms with Crippen LogP contribution in [-0.4, -0.2) is 46.5 Å². The van der Waals surface area contributed by atoms with E-state index in [0.717, 1.165) is 24.9 Å². The first-order valence-electron chi connectivity index (χ1n) is 6.80. The number of nitrogens with one attached hydrogen (secondary N) is 1.